The van der Waals surface area contributed by atoms with Crippen molar-refractivity contribution >= 4 is 40.6 Å². The van der Waals surface area contributed by atoms with Crippen LogP contribution in [-0.4, -0.2) is 43.8 Å². The lowest BCUT2D eigenvalue weighted by molar-refractivity contribution is -0.114. The molecule has 18 heavy (non-hydrogen) atoms. The predicted octanol–water partition coefficient (Wildman–Crippen LogP) is 2.08. The van der Waals surface area contributed by atoms with E-state index in [1.165, 1.54) is 11.0 Å². The first-order chi connectivity index (χ1) is 8.43. The van der Waals surface area contributed by atoms with Gasteiger partial charge in [0, 0.05) is 13.1 Å². The topological polar surface area (TPSA) is 40.6 Å². The van der Waals surface area contributed by atoms with Crippen molar-refractivity contribution in [2.45, 2.75) is 0 Å². The Hall–Kier alpha value is -1.10. The number of fused-ring (bicyclic) bond motifs is 1. The molecule has 0 saturated carbocycles. The molecule has 0 aliphatic carbocycles. The highest BCUT2D eigenvalue weighted by molar-refractivity contribution is 6.55. The average molecular weight is 287 g/mol. The minimum atomic E-state index is -0.545. The quantitative estimate of drug-likeness (QED) is 0.799. The first-order valence-electron chi connectivity index (χ1n) is 5.42. The maximum absolute atomic E-state index is 11.9. The number of rotatable bonds is 3. The van der Waals surface area contributed by atoms with E-state index in [4.69, 9.17) is 23.2 Å². The number of carbonyl (C=O) groups is 2. The molecule has 1 aromatic rings. The Morgan fingerprint density at radius 2 is 1.89 bits per heavy atom. The Labute approximate surface area is 115 Å². The zero-order chi connectivity index (χ0) is 13.4. The summed E-state index contributed by atoms with van der Waals surface area (Å²) in [6.07, 6.45) is 0. The third kappa shape index (κ3) is 2.11. The third-order valence-corrected chi connectivity index (χ3v) is 3.59. The summed E-state index contributed by atoms with van der Waals surface area (Å²) in [5.41, 5.74) is 0.758. The molecule has 1 heterocycles. The summed E-state index contributed by atoms with van der Waals surface area (Å²) in [6, 6.07) is 3.07. The van der Waals surface area contributed by atoms with E-state index in [1.807, 2.05) is 19.0 Å². The van der Waals surface area contributed by atoms with Crippen LogP contribution in [0.5, 0.6) is 0 Å². The molecule has 6 heteroatoms. The van der Waals surface area contributed by atoms with Crippen molar-refractivity contribution in [3.63, 3.8) is 0 Å². The SMILES string of the molecule is CN(C)CCN1C(=O)C(=O)c2ccc(Cl)c(Cl)c21. The molecular weight excluding hydrogens is 275 g/mol. The summed E-state index contributed by atoms with van der Waals surface area (Å²) in [5, 5.41) is 0.597. The van der Waals surface area contributed by atoms with Crippen molar-refractivity contribution < 1.29 is 9.59 Å². The van der Waals surface area contributed by atoms with Crippen LogP contribution in [0.1, 0.15) is 10.4 Å². The molecule has 1 aliphatic rings. The largest absolute Gasteiger partial charge is 0.308 e. The van der Waals surface area contributed by atoms with E-state index < -0.39 is 11.7 Å². The number of Topliss-reactive ketones (excluding diaryl/α,β-unsaturated/α-hetero) is 1. The average Bonchev–Trinajstić information content (AvgIpc) is 2.55. The van der Waals surface area contributed by atoms with E-state index in [1.54, 1.807) is 6.07 Å². The molecule has 0 N–H and O–H groups in total. The molecule has 0 bridgehead atoms. The van der Waals surface area contributed by atoms with Crippen molar-refractivity contribution in [1.82, 2.24) is 4.90 Å². The predicted molar refractivity (Wildman–Crippen MR) is 71.7 cm³/mol. The molecule has 2 rings (SSSR count). The summed E-state index contributed by atoms with van der Waals surface area (Å²) in [4.78, 5) is 27.0. The molecule has 0 radical (unpaired) electrons. The van der Waals surface area contributed by atoms with Gasteiger partial charge in [-0.25, -0.2) is 0 Å². The van der Waals surface area contributed by atoms with Gasteiger partial charge in [0.15, 0.2) is 0 Å². The van der Waals surface area contributed by atoms with Gasteiger partial charge >= 0.3 is 0 Å². The minimum Gasteiger partial charge on any atom is -0.308 e. The van der Waals surface area contributed by atoms with Gasteiger partial charge in [-0.05, 0) is 26.2 Å². The number of benzene rings is 1. The van der Waals surface area contributed by atoms with Crippen molar-refractivity contribution in [1.29, 1.82) is 0 Å². The van der Waals surface area contributed by atoms with Crippen LogP contribution in [0.2, 0.25) is 10.0 Å². The molecule has 96 valence electrons. The molecule has 0 saturated heterocycles. The second-order valence-electron chi connectivity index (χ2n) is 4.35. The standard InChI is InChI=1S/C12H12Cl2N2O2/c1-15(2)5-6-16-10-7(11(17)12(16)18)3-4-8(13)9(10)14/h3-4H,5-6H2,1-2H3. The van der Waals surface area contributed by atoms with Crippen LogP contribution in [-0.2, 0) is 4.79 Å². The van der Waals surface area contributed by atoms with Gasteiger partial charge in [0.05, 0.1) is 21.3 Å². The molecule has 0 fully saturated rings. The van der Waals surface area contributed by atoms with Gasteiger partial charge in [-0.1, -0.05) is 23.2 Å². The molecule has 0 spiro atoms. The highest BCUT2D eigenvalue weighted by Gasteiger charge is 2.37. The molecule has 0 unspecified atom stereocenters. The van der Waals surface area contributed by atoms with Crippen LogP contribution >= 0.6 is 23.2 Å². The van der Waals surface area contributed by atoms with Gasteiger partial charge in [0.1, 0.15) is 0 Å². The Balaban J connectivity index is 2.43. The molecule has 1 amide bonds. The van der Waals surface area contributed by atoms with Crippen LogP contribution in [0.4, 0.5) is 5.69 Å². The fraction of sp³-hybridized carbons (Fsp3) is 0.333. The fourth-order valence-electron chi connectivity index (χ4n) is 1.84. The normalized spacial score (nSPS) is 14.6. The van der Waals surface area contributed by atoms with E-state index in [0.29, 0.717) is 29.4 Å². The van der Waals surface area contributed by atoms with E-state index in [9.17, 15) is 9.59 Å². The number of amides is 1. The Kier molecular flexibility index (Phi) is 3.61. The molecule has 4 nitrogen and oxygen atoms in total. The first kappa shape index (κ1) is 13.3. The number of halogens is 2. The molecule has 1 aromatic carbocycles. The second-order valence-corrected chi connectivity index (χ2v) is 5.13. The van der Waals surface area contributed by atoms with Crippen LogP contribution in [0.25, 0.3) is 0 Å². The lowest BCUT2D eigenvalue weighted by atomic mass is 10.1. The first-order valence-corrected chi connectivity index (χ1v) is 6.18. The molecule has 0 aromatic heterocycles. The lowest BCUT2D eigenvalue weighted by Gasteiger charge is -2.20. The van der Waals surface area contributed by atoms with Crippen molar-refractivity contribution in [2.24, 2.45) is 0 Å². The summed E-state index contributed by atoms with van der Waals surface area (Å²) in [5.74, 6) is -1.07. The van der Waals surface area contributed by atoms with E-state index in [-0.39, 0.29) is 5.02 Å². The number of likely N-dealkylation sites (N-methyl/N-ethyl adjacent to an activating group) is 1. The van der Waals surface area contributed by atoms with Gasteiger partial charge in [-0.2, -0.15) is 0 Å². The number of ketones is 1. The number of anilines is 1. The van der Waals surface area contributed by atoms with E-state index in [2.05, 4.69) is 0 Å². The van der Waals surface area contributed by atoms with Crippen LogP contribution in [0.3, 0.4) is 0 Å². The van der Waals surface area contributed by atoms with Crippen molar-refractivity contribution in [2.75, 3.05) is 32.1 Å². The zero-order valence-corrected chi connectivity index (χ0v) is 11.5. The minimum absolute atomic E-state index is 0.257. The zero-order valence-electron chi connectivity index (χ0n) is 10.0. The second kappa shape index (κ2) is 4.88. The third-order valence-electron chi connectivity index (χ3n) is 2.79. The number of hydrogen-bond donors (Lipinski definition) is 0. The van der Waals surface area contributed by atoms with Gasteiger partial charge in [0.25, 0.3) is 11.7 Å². The van der Waals surface area contributed by atoms with Gasteiger partial charge in [0.2, 0.25) is 0 Å². The fourth-order valence-corrected chi connectivity index (χ4v) is 2.26. The van der Waals surface area contributed by atoms with Crippen LogP contribution < -0.4 is 4.90 Å². The summed E-state index contributed by atoms with van der Waals surface area (Å²) < 4.78 is 0. The summed E-state index contributed by atoms with van der Waals surface area (Å²) in [6.45, 7) is 1.05. The molecular formula is C12H12Cl2N2O2. The van der Waals surface area contributed by atoms with Gasteiger partial charge in [-0.3, -0.25) is 9.59 Å². The monoisotopic (exact) mass is 286 g/mol. The van der Waals surface area contributed by atoms with Crippen molar-refractivity contribution in [3.8, 4) is 0 Å². The number of carbonyl (C=O) groups excluding carboxylic acids is 2. The lowest BCUT2D eigenvalue weighted by Crippen LogP contribution is -2.35. The number of nitrogens with zero attached hydrogens (tertiary/aromatic N) is 2. The summed E-state index contributed by atoms with van der Waals surface area (Å²) >= 11 is 12.0. The smallest absolute Gasteiger partial charge is 0.299 e. The molecule has 0 atom stereocenters. The Morgan fingerprint density at radius 1 is 1.22 bits per heavy atom. The summed E-state index contributed by atoms with van der Waals surface area (Å²) in [7, 11) is 3.78. The molecule has 1 aliphatic heterocycles. The highest BCUT2D eigenvalue weighted by Crippen LogP contribution is 2.39. The van der Waals surface area contributed by atoms with Gasteiger partial charge in [-0.15, -0.1) is 0 Å². The number of hydrogen-bond acceptors (Lipinski definition) is 3. The maximum Gasteiger partial charge on any atom is 0.299 e. The maximum atomic E-state index is 11.9. The Morgan fingerprint density at radius 3 is 2.50 bits per heavy atom. The van der Waals surface area contributed by atoms with E-state index in [0.717, 1.165) is 0 Å². The van der Waals surface area contributed by atoms with Crippen molar-refractivity contribution in [3.05, 3.63) is 27.7 Å². The van der Waals surface area contributed by atoms with Gasteiger partial charge < -0.3 is 9.80 Å². The van der Waals surface area contributed by atoms with Crippen LogP contribution in [0, 0.1) is 0 Å². The highest BCUT2D eigenvalue weighted by atomic mass is 35.5. The Bertz CT molecular complexity index is 529. The van der Waals surface area contributed by atoms with E-state index >= 15 is 0 Å². The van der Waals surface area contributed by atoms with Crippen LogP contribution in [0.15, 0.2) is 12.1 Å².